The van der Waals surface area contributed by atoms with Crippen LogP contribution >= 0.6 is 27.5 Å². The zero-order chi connectivity index (χ0) is 16.8. The van der Waals surface area contributed by atoms with Gasteiger partial charge in [0.2, 0.25) is 0 Å². The molecule has 0 saturated heterocycles. The van der Waals surface area contributed by atoms with Gasteiger partial charge in [-0.2, -0.15) is 0 Å². The first kappa shape index (κ1) is 17.2. The van der Waals surface area contributed by atoms with Gasteiger partial charge < -0.3 is 9.47 Å². The molecule has 0 aliphatic rings. The van der Waals surface area contributed by atoms with Crippen LogP contribution in [0.15, 0.2) is 46.9 Å². The Bertz CT molecular complexity index is 738. The number of rotatable bonds is 6. The summed E-state index contributed by atoms with van der Waals surface area (Å²) >= 11 is 9.07. The lowest BCUT2D eigenvalue weighted by atomic mass is 10.2. The van der Waals surface area contributed by atoms with Gasteiger partial charge in [-0.25, -0.2) is 4.79 Å². The van der Waals surface area contributed by atoms with E-state index in [0.29, 0.717) is 20.8 Å². The van der Waals surface area contributed by atoms with Gasteiger partial charge in [-0.15, -0.1) is 0 Å². The molecule has 2 aromatic rings. The molecule has 0 fully saturated rings. The highest BCUT2D eigenvalue weighted by atomic mass is 79.9. The molecule has 2 aromatic carbocycles. The molecule has 0 aromatic heterocycles. The van der Waals surface area contributed by atoms with Crippen LogP contribution in [0, 0.1) is 10.1 Å². The smallest absolute Gasteiger partial charge is 0.344 e. The normalized spacial score (nSPS) is 10.2. The SMILES string of the molecule is O=C(COc1ccc(Cl)cc1Br)OCc1ccccc1[N+](=O)[O-]. The summed E-state index contributed by atoms with van der Waals surface area (Å²) in [7, 11) is 0. The van der Waals surface area contributed by atoms with E-state index in [1.54, 1.807) is 30.3 Å². The van der Waals surface area contributed by atoms with Crippen molar-refractivity contribution in [3.05, 3.63) is 67.6 Å². The molecule has 0 spiro atoms. The van der Waals surface area contributed by atoms with E-state index in [1.807, 2.05) is 0 Å². The summed E-state index contributed by atoms with van der Waals surface area (Å²) in [5.74, 6) is -0.193. The zero-order valence-corrected chi connectivity index (χ0v) is 14.0. The molecular formula is C15H11BrClNO5. The molecule has 0 N–H and O–H groups in total. The second kappa shape index (κ2) is 7.94. The van der Waals surface area contributed by atoms with Crippen LogP contribution in [0.5, 0.6) is 5.75 Å². The molecule has 0 unspecified atom stereocenters. The number of hydrogen-bond acceptors (Lipinski definition) is 5. The van der Waals surface area contributed by atoms with Crippen molar-refractivity contribution in [3.63, 3.8) is 0 Å². The predicted octanol–water partition coefficient (Wildman–Crippen LogP) is 4.13. The number of para-hydroxylation sites is 1. The Labute approximate surface area is 145 Å². The quantitative estimate of drug-likeness (QED) is 0.414. The number of ether oxygens (including phenoxy) is 2. The molecule has 0 amide bonds. The fourth-order valence-electron chi connectivity index (χ4n) is 1.74. The van der Waals surface area contributed by atoms with Crippen LogP contribution < -0.4 is 4.74 Å². The maximum Gasteiger partial charge on any atom is 0.344 e. The van der Waals surface area contributed by atoms with Crippen LogP contribution in [0.1, 0.15) is 5.56 Å². The molecule has 2 rings (SSSR count). The number of esters is 1. The van der Waals surface area contributed by atoms with Crippen molar-refractivity contribution in [2.75, 3.05) is 6.61 Å². The summed E-state index contributed by atoms with van der Waals surface area (Å²) in [6.45, 7) is -0.512. The van der Waals surface area contributed by atoms with Gasteiger partial charge in [-0.1, -0.05) is 23.7 Å². The van der Waals surface area contributed by atoms with Gasteiger partial charge in [-0.05, 0) is 40.2 Å². The lowest BCUT2D eigenvalue weighted by Gasteiger charge is -2.09. The third-order valence-electron chi connectivity index (χ3n) is 2.82. The number of hydrogen-bond donors (Lipinski definition) is 0. The van der Waals surface area contributed by atoms with Crippen LogP contribution in [0.2, 0.25) is 5.02 Å². The monoisotopic (exact) mass is 399 g/mol. The van der Waals surface area contributed by atoms with E-state index in [-0.39, 0.29) is 18.9 Å². The minimum atomic E-state index is -0.634. The van der Waals surface area contributed by atoms with Crippen molar-refractivity contribution in [2.45, 2.75) is 6.61 Å². The second-order valence-electron chi connectivity index (χ2n) is 4.41. The van der Waals surface area contributed by atoms with Gasteiger partial charge in [-0.3, -0.25) is 10.1 Å². The van der Waals surface area contributed by atoms with E-state index >= 15 is 0 Å². The van der Waals surface area contributed by atoms with Crippen LogP contribution in [-0.4, -0.2) is 17.5 Å². The Hall–Kier alpha value is -2.12. The predicted molar refractivity (Wildman–Crippen MR) is 87.5 cm³/mol. The summed E-state index contributed by atoms with van der Waals surface area (Å²) in [6, 6.07) is 10.9. The largest absolute Gasteiger partial charge is 0.481 e. The number of benzene rings is 2. The number of nitrogens with zero attached hydrogens (tertiary/aromatic N) is 1. The van der Waals surface area contributed by atoms with E-state index in [4.69, 9.17) is 21.1 Å². The molecule has 0 saturated carbocycles. The summed E-state index contributed by atoms with van der Waals surface area (Å²) in [4.78, 5) is 22.0. The van der Waals surface area contributed by atoms with Gasteiger partial charge in [0, 0.05) is 11.1 Å². The molecule has 8 heteroatoms. The van der Waals surface area contributed by atoms with Crippen molar-refractivity contribution >= 4 is 39.2 Å². The molecule has 0 aliphatic heterocycles. The van der Waals surface area contributed by atoms with Crippen LogP contribution in [0.3, 0.4) is 0 Å². The van der Waals surface area contributed by atoms with Gasteiger partial charge in [0.15, 0.2) is 6.61 Å². The highest BCUT2D eigenvalue weighted by molar-refractivity contribution is 9.10. The van der Waals surface area contributed by atoms with Gasteiger partial charge >= 0.3 is 5.97 Å². The van der Waals surface area contributed by atoms with E-state index in [1.165, 1.54) is 12.1 Å². The molecule has 23 heavy (non-hydrogen) atoms. The third kappa shape index (κ3) is 4.94. The lowest BCUT2D eigenvalue weighted by Crippen LogP contribution is -2.15. The highest BCUT2D eigenvalue weighted by Crippen LogP contribution is 2.28. The molecule has 0 atom stereocenters. The first-order valence-electron chi connectivity index (χ1n) is 6.43. The standard InChI is InChI=1S/C15H11BrClNO5/c16-12-7-11(17)5-6-14(12)22-9-15(19)23-8-10-3-1-2-4-13(10)18(20)21/h1-7H,8-9H2. The molecule has 0 aliphatic carbocycles. The highest BCUT2D eigenvalue weighted by Gasteiger charge is 2.14. The van der Waals surface area contributed by atoms with Crippen LogP contribution in [0.4, 0.5) is 5.69 Å². The Morgan fingerprint density at radius 3 is 2.70 bits per heavy atom. The Kier molecular flexibility index (Phi) is 5.95. The Morgan fingerprint density at radius 2 is 2.00 bits per heavy atom. The molecule has 0 heterocycles. The topological polar surface area (TPSA) is 78.7 Å². The number of nitro benzene ring substituents is 1. The van der Waals surface area contributed by atoms with E-state index in [9.17, 15) is 14.9 Å². The average molecular weight is 401 g/mol. The van der Waals surface area contributed by atoms with Gasteiger partial charge in [0.05, 0.1) is 15.0 Å². The lowest BCUT2D eigenvalue weighted by molar-refractivity contribution is -0.385. The van der Waals surface area contributed by atoms with E-state index in [0.717, 1.165) is 0 Å². The average Bonchev–Trinajstić information content (AvgIpc) is 2.52. The zero-order valence-electron chi connectivity index (χ0n) is 11.7. The molecule has 0 bridgehead atoms. The molecule has 120 valence electrons. The number of nitro groups is 1. The summed E-state index contributed by atoms with van der Waals surface area (Å²) in [5, 5.41) is 11.4. The van der Waals surface area contributed by atoms with E-state index < -0.39 is 10.9 Å². The van der Waals surface area contributed by atoms with Crippen molar-refractivity contribution in [3.8, 4) is 5.75 Å². The van der Waals surface area contributed by atoms with Crippen molar-refractivity contribution < 1.29 is 19.2 Å². The first-order chi connectivity index (χ1) is 11.0. The first-order valence-corrected chi connectivity index (χ1v) is 7.60. The summed E-state index contributed by atoms with van der Waals surface area (Å²) in [5.41, 5.74) is 0.222. The Balaban J connectivity index is 1.90. The van der Waals surface area contributed by atoms with Crippen molar-refractivity contribution in [1.29, 1.82) is 0 Å². The number of carbonyl (C=O) groups is 1. The van der Waals surface area contributed by atoms with Gasteiger partial charge in [0.1, 0.15) is 12.4 Å². The molecular weight excluding hydrogens is 390 g/mol. The minimum Gasteiger partial charge on any atom is -0.481 e. The van der Waals surface area contributed by atoms with Crippen molar-refractivity contribution in [2.24, 2.45) is 0 Å². The summed E-state index contributed by atoms with van der Waals surface area (Å²) in [6.07, 6.45) is 0. The number of halogens is 2. The van der Waals surface area contributed by atoms with Crippen molar-refractivity contribution in [1.82, 2.24) is 0 Å². The van der Waals surface area contributed by atoms with E-state index in [2.05, 4.69) is 15.9 Å². The maximum absolute atomic E-state index is 11.7. The Morgan fingerprint density at radius 1 is 1.26 bits per heavy atom. The van der Waals surface area contributed by atoms with Gasteiger partial charge in [0.25, 0.3) is 5.69 Å². The summed E-state index contributed by atoms with van der Waals surface area (Å²) < 4.78 is 10.9. The maximum atomic E-state index is 11.7. The fourth-order valence-corrected chi connectivity index (χ4v) is 2.54. The molecule has 6 nitrogen and oxygen atoms in total. The van der Waals surface area contributed by atoms with Crippen LogP contribution in [-0.2, 0) is 16.1 Å². The molecule has 0 radical (unpaired) electrons. The second-order valence-corrected chi connectivity index (χ2v) is 5.70. The minimum absolute atomic E-state index is 0.0957. The van der Waals surface area contributed by atoms with Crippen LogP contribution in [0.25, 0.3) is 0 Å². The third-order valence-corrected chi connectivity index (χ3v) is 3.67. The fraction of sp³-hybridized carbons (Fsp3) is 0.133. The number of carbonyl (C=O) groups excluding carboxylic acids is 1.